The van der Waals surface area contributed by atoms with Crippen LogP contribution in [0.2, 0.25) is 0 Å². The van der Waals surface area contributed by atoms with Gasteiger partial charge in [0, 0.05) is 25.1 Å². The first kappa shape index (κ1) is 14.5. The number of aliphatic carboxylic acids is 1. The lowest BCUT2D eigenvalue weighted by molar-refractivity contribution is -0.138. The van der Waals surface area contributed by atoms with Crippen LogP contribution in [-0.2, 0) is 4.79 Å². The number of carboxylic acids is 1. The zero-order valence-electron chi connectivity index (χ0n) is 11.4. The fraction of sp³-hybridized carbons (Fsp3) is 0.467. The van der Waals surface area contributed by atoms with E-state index in [4.69, 9.17) is 5.11 Å². The van der Waals surface area contributed by atoms with Crippen LogP contribution in [0.1, 0.15) is 35.2 Å². The van der Waals surface area contributed by atoms with E-state index in [0.29, 0.717) is 24.2 Å². The number of nitrogens with zero attached hydrogens (tertiary/aromatic N) is 1. The molecule has 108 valence electrons. The molecule has 1 unspecified atom stereocenters. The Morgan fingerprint density at radius 3 is 2.80 bits per heavy atom. The molecule has 5 heteroatoms. The molecular formula is C15H18FNO3. The second kappa shape index (κ2) is 6.03. The minimum absolute atomic E-state index is 0.0140. The van der Waals surface area contributed by atoms with Crippen molar-refractivity contribution >= 4 is 11.9 Å². The zero-order chi connectivity index (χ0) is 14.7. The van der Waals surface area contributed by atoms with Crippen LogP contribution in [0.5, 0.6) is 0 Å². The van der Waals surface area contributed by atoms with Gasteiger partial charge >= 0.3 is 5.97 Å². The van der Waals surface area contributed by atoms with Gasteiger partial charge in [0.1, 0.15) is 5.82 Å². The van der Waals surface area contributed by atoms with Gasteiger partial charge in [-0.25, -0.2) is 4.39 Å². The third kappa shape index (κ3) is 3.56. The molecule has 1 N–H and O–H groups in total. The van der Waals surface area contributed by atoms with Crippen molar-refractivity contribution in [2.75, 3.05) is 13.1 Å². The SMILES string of the molecule is Cc1cc(F)cc(C(=O)N2CCCC(CC(=O)O)C2)c1. The van der Waals surface area contributed by atoms with Crippen LogP contribution >= 0.6 is 0 Å². The Morgan fingerprint density at radius 1 is 1.40 bits per heavy atom. The predicted molar refractivity (Wildman–Crippen MR) is 72.0 cm³/mol. The van der Waals surface area contributed by atoms with Gasteiger partial charge in [-0.1, -0.05) is 0 Å². The zero-order valence-corrected chi connectivity index (χ0v) is 11.4. The summed E-state index contributed by atoms with van der Waals surface area (Å²) in [6.07, 6.45) is 1.68. The summed E-state index contributed by atoms with van der Waals surface area (Å²) >= 11 is 0. The molecule has 1 heterocycles. The first-order valence-corrected chi connectivity index (χ1v) is 6.74. The standard InChI is InChI=1S/C15H18FNO3/c1-10-5-12(8-13(16)6-10)15(20)17-4-2-3-11(9-17)7-14(18)19/h5-6,8,11H,2-4,7,9H2,1H3,(H,18,19). The summed E-state index contributed by atoms with van der Waals surface area (Å²) < 4.78 is 13.4. The van der Waals surface area contributed by atoms with Gasteiger partial charge in [-0.15, -0.1) is 0 Å². The van der Waals surface area contributed by atoms with Crippen molar-refractivity contribution in [2.24, 2.45) is 5.92 Å². The first-order chi connectivity index (χ1) is 9.45. The summed E-state index contributed by atoms with van der Waals surface area (Å²) in [5.74, 6) is -1.50. The monoisotopic (exact) mass is 279 g/mol. The van der Waals surface area contributed by atoms with Crippen LogP contribution in [-0.4, -0.2) is 35.0 Å². The van der Waals surface area contributed by atoms with Gasteiger partial charge in [-0.2, -0.15) is 0 Å². The number of rotatable bonds is 3. The maximum absolute atomic E-state index is 13.4. The number of hydrogen-bond donors (Lipinski definition) is 1. The van der Waals surface area contributed by atoms with Crippen LogP contribution in [0, 0.1) is 18.7 Å². The van der Waals surface area contributed by atoms with E-state index in [1.165, 1.54) is 12.1 Å². The molecular weight excluding hydrogens is 261 g/mol. The number of amides is 1. The number of aryl methyl sites for hydroxylation is 1. The number of likely N-dealkylation sites (tertiary alicyclic amines) is 1. The minimum Gasteiger partial charge on any atom is -0.481 e. The molecule has 0 radical (unpaired) electrons. The average Bonchev–Trinajstić information content (AvgIpc) is 2.36. The number of carbonyl (C=O) groups is 2. The van der Waals surface area contributed by atoms with E-state index in [1.807, 2.05) is 0 Å². The van der Waals surface area contributed by atoms with Crippen LogP contribution < -0.4 is 0 Å². The Hall–Kier alpha value is -1.91. The van der Waals surface area contributed by atoms with Gasteiger partial charge in [0.05, 0.1) is 0 Å². The molecule has 4 nitrogen and oxygen atoms in total. The molecule has 1 atom stereocenters. The van der Waals surface area contributed by atoms with Gasteiger partial charge in [0.25, 0.3) is 5.91 Å². The Balaban J connectivity index is 2.10. The van der Waals surface area contributed by atoms with Gasteiger partial charge < -0.3 is 10.0 Å². The number of benzene rings is 1. The molecule has 0 saturated carbocycles. The lowest BCUT2D eigenvalue weighted by Crippen LogP contribution is -2.40. The normalized spacial score (nSPS) is 18.9. The molecule has 0 aromatic heterocycles. The highest BCUT2D eigenvalue weighted by atomic mass is 19.1. The minimum atomic E-state index is -0.842. The topological polar surface area (TPSA) is 57.6 Å². The summed E-state index contributed by atoms with van der Waals surface area (Å²) in [6.45, 7) is 2.77. The van der Waals surface area contributed by atoms with Crippen LogP contribution in [0.25, 0.3) is 0 Å². The molecule has 1 saturated heterocycles. The van der Waals surface area contributed by atoms with Crippen molar-refractivity contribution in [1.29, 1.82) is 0 Å². The van der Waals surface area contributed by atoms with E-state index in [9.17, 15) is 14.0 Å². The van der Waals surface area contributed by atoms with Crippen molar-refractivity contribution in [3.05, 3.63) is 35.1 Å². The molecule has 2 rings (SSSR count). The van der Waals surface area contributed by atoms with E-state index in [0.717, 1.165) is 12.8 Å². The van der Waals surface area contributed by atoms with Gasteiger partial charge in [0.15, 0.2) is 0 Å². The van der Waals surface area contributed by atoms with Crippen LogP contribution in [0.4, 0.5) is 4.39 Å². The Bertz CT molecular complexity index is 510. The van der Waals surface area contributed by atoms with Crippen molar-refractivity contribution in [1.82, 2.24) is 4.90 Å². The highest BCUT2D eigenvalue weighted by Crippen LogP contribution is 2.22. The number of carboxylic acid groups (broad SMARTS) is 1. The van der Waals surface area contributed by atoms with Crippen molar-refractivity contribution in [2.45, 2.75) is 26.2 Å². The average molecular weight is 279 g/mol. The summed E-state index contributed by atoms with van der Waals surface area (Å²) in [5.41, 5.74) is 1.03. The first-order valence-electron chi connectivity index (χ1n) is 6.74. The lowest BCUT2D eigenvalue weighted by atomic mass is 9.94. The summed E-state index contributed by atoms with van der Waals surface area (Å²) in [7, 11) is 0. The second-order valence-electron chi connectivity index (χ2n) is 5.37. The third-order valence-corrected chi connectivity index (χ3v) is 3.56. The molecule has 1 aliphatic heterocycles. The van der Waals surface area contributed by atoms with Gasteiger partial charge in [-0.3, -0.25) is 9.59 Å². The number of hydrogen-bond acceptors (Lipinski definition) is 2. The third-order valence-electron chi connectivity index (χ3n) is 3.56. The van der Waals surface area contributed by atoms with Crippen LogP contribution in [0.15, 0.2) is 18.2 Å². The van der Waals surface area contributed by atoms with E-state index < -0.39 is 11.8 Å². The Morgan fingerprint density at radius 2 is 2.15 bits per heavy atom. The fourth-order valence-electron chi connectivity index (χ4n) is 2.71. The molecule has 1 aliphatic rings. The fourth-order valence-corrected chi connectivity index (χ4v) is 2.71. The van der Waals surface area contributed by atoms with Crippen molar-refractivity contribution < 1.29 is 19.1 Å². The quantitative estimate of drug-likeness (QED) is 0.924. The highest BCUT2D eigenvalue weighted by Gasteiger charge is 2.26. The van der Waals surface area contributed by atoms with Gasteiger partial charge in [-0.05, 0) is 49.4 Å². The molecule has 0 aliphatic carbocycles. The molecule has 1 aromatic rings. The van der Waals surface area contributed by atoms with E-state index in [1.54, 1.807) is 17.9 Å². The summed E-state index contributed by atoms with van der Waals surface area (Å²) in [4.78, 5) is 24.7. The molecule has 1 aromatic carbocycles. The highest BCUT2D eigenvalue weighted by molar-refractivity contribution is 5.94. The van der Waals surface area contributed by atoms with Crippen molar-refractivity contribution in [3.8, 4) is 0 Å². The van der Waals surface area contributed by atoms with Gasteiger partial charge in [0.2, 0.25) is 0 Å². The smallest absolute Gasteiger partial charge is 0.303 e. The summed E-state index contributed by atoms with van der Waals surface area (Å²) in [6, 6.07) is 4.27. The number of piperidine rings is 1. The number of carbonyl (C=O) groups excluding carboxylic acids is 1. The Labute approximate surface area is 117 Å². The predicted octanol–water partition coefficient (Wildman–Crippen LogP) is 2.46. The molecule has 0 bridgehead atoms. The van der Waals surface area contributed by atoms with Crippen LogP contribution in [0.3, 0.4) is 0 Å². The second-order valence-corrected chi connectivity index (χ2v) is 5.37. The van der Waals surface area contributed by atoms with E-state index >= 15 is 0 Å². The lowest BCUT2D eigenvalue weighted by Gasteiger charge is -2.32. The largest absolute Gasteiger partial charge is 0.481 e. The molecule has 1 amide bonds. The maximum atomic E-state index is 13.4. The van der Waals surface area contributed by atoms with E-state index in [2.05, 4.69) is 0 Å². The summed E-state index contributed by atoms with van der Waals surface area (Å²) in [5, 5.41) is 8.83. The molecule has 1 fully saturated rings. The maximum Gasteiger partial charge on any atom is 0.303 e. The Kier molecular flexibility index (Phi) is 4.37. The number of halogens is 1. The van der Waals surface area contributed by atoms with E-state index in [-0.39, 0.29) is 18.2 Å². The van der Waals surface area contributed by atoms with Crippen molar-refractivity contribution in [3.63, 3.8) is 0 Å². The molecule has 0 spiro atoms. The molecule has 20 heavy (non-hydrogen) atoms.